The molecule has 24 heavy (non-hydrogen) atoms. The van der Waals surface area contributed by atoms with Gasteiger partial charge in [0.2, 0.25) is 0 Å². The van der Waals surface area contributed by atoms with E-state index in [9.17, 15) is 13.2 Å². The van der Waals surface area contributed by atoms with E-state index in [1.54, 1.807) is 13.0 Å². The summed E-state index contributed by atoms with van der Waals surface area (Å²) in [6.07, 6.45) is 6.66. The van der Waals surface area contributed by atoms with E-state index in [1.165, 1.54) is 6.42 Å². The maximum Gasteiger partial charge on any atom is 0.573 e. The van der Waals surface area contributed by atoms with Gasteiger partial charge in [-0.15, -0.1) is 13.2 Å². The van der Waals surface area contributed by atoms with Crippen LogP contribution in [0.3, 0.4) is 0 Å². The minimum atomic E-state index is -4.73. The highest BCUT2D eigenvalue weighted by atomic mass is 19.4. The van der Waals surface area contributed by atoms with E-state index in [-0.39, 0.29) is 17.6 Å². The van der Waals surface area contributed by atoms with Crippen LogP contribution in [0, 0.1) is 12.8 Å². The number of hydrogen-bond donors (Lipinski definition) is 0. The Labute approximate surface area is 140 Å². The molecular formula is C19H23F3O2. The monoisotopic (exact) mass is 340 g/mol. The topological polar surface area (TPSA) is 18.5 Å². The molecule has 0 aromatic heterocycles. The lowest BCUT2D eigenvalue weighted by atomic mass is 9.85. The van der Waals surface area contributed by atoms with Crippen LogP contribution in [-0.4, -0.2) is 12.5 Å². The van der Waals surface area contributed by atoms with Crippen LogP contribution in [0.1, 0.15) is 56.1 Å². The molecule has 2 nitrogen and oxygen atoms in total. The van der Waals surface area contributed by atoms with Crippen molar-refractivity contribution in [1.29, 1.82) is 0 Å². The van der Waals surface area contributed by atoms with Crippen molar-refractivity contribution < 1.29 is 22.6 Å². The smallest absolute Gasteiger partial charge is 0.487 e. The Kier molecular flexibility index (Phi) is 5.07. The van der Waals surface area contributed by atoms with Gasteiger partial charge in [0, 0.05) is 5.56 Å². The Morgan fingerprint density at radius 1 is 1.04 bits per heavy atom. The molecule has 2 saturated carbocycles. The van der Waals surface area contributed by atoms with Crippen molar-refractivity contribution in [2.24, 2.45) is 5.92 Å². The van der Waals surface area contributed by atoms with Crippen LogP contribution >= 0.6 is 0 Å². The van der Waals surface area contributed by atoms with Gasteiger partial charge in [-0.25, -0.2) is 0 Å². The first-order valence-corrected chi connectivity index (χ1v) is 8.66. The molecule has 0 amide bonds. The molecular weight excluding hydrogens is 317 g/mol. The van der Waals surface area contributed by atoms with Gasteiger partial charge in [-0.05, 0) is 63.0 Å². The molecule has 0 N–H and O–H groups in total. The molecule has 0 heterocycles. The van der Waals surface area contributed by atoms with E-state index in [2.05, 4.69) is 10.8 Å². The van der Waals surface area contributed by atoms with Gasteiger partial charge in [-0.3, -0.25) is 0 Å². The molecule has 0 spiro atoms. The van der Waals surface area contributed by atoms with E-state index in [0.29, 0.717) is 11.5 Å². The van der Waals surface area contributed by atoms with Gasteiger partial charge in [0.1, 0.15) is 0 Å². The van der Waals surface area contributed by atoms with Crippen LogP contribution in [0.15, 0.2) is 18.2 Å². The normalized spacial score (nSPS) is 19.7. The van der Waals surface area contributed by atoms with Crippen molar-refractivity contribution in [1.82, 2.24) is 0 Å². The molecule has 3 rings (SSSR count). The molecule has 2 aliphatic rings. The van der Waals surface area contributed by atoms with Crippen molar-refractivity contribution in [2.75, 3.05) is 0 Å². The summed E-state index contributed by atoms with van der Waals surface area (Å²) in [6.45, 7) is 1.66. The number of ether oxygens (including phenoxy) is 2. The summed E-state index contributed by atoms with van der Waals surface area (Å²) in [4.78, 5) is 0. The number of allylic oxidation sites excluding steroid dienone is 1. The molecule has 1 aromatic rings. The van der Waals surface area contributed by atoms with Crippen LogP contribution in [0.5, 0.6) is 11.5 Å². The van der Waals surface area contributed by atoms with Gasteiger partial charge >= 0.3 is 6.36 Å². The third-order valence-corrected chi connectivity index (χ3v) is 4.92. The molecule has 0 radical (unpaired) electrons. The number of benzene rings is 1. The number of rotatable bonds is 5. The minimum Gasteiger partial charge on any atom is -0.487 e. The lowest BCUT2D eigenvalue weighted by Gasteiger charge is -2.22. The largest absolute Gasteiger partial charge is 0.573 e. The first-order chi connectivity index (χ1) is 11.4. The Balaban J connectivity index is 1.86. The summed E-state index contributed by atoms with van der Waals surface area (Å²) in [5.74, 6) is 0.536. The van der Waals surface area contributed by atoms with E-state index >= 15 is 0 Å². The van der Waals surface area contributed by atoms with E-state index in [0.717, 1.165) is 44.1 Å². The van der Waals surface area contributed by atoms with Crippen molar-refractivity contribution in [3.8, 4) is 11.5 Å². The van der Waals surface area contributed by atoms with E-state index in [1.807, 2.05) is 12.1 Å². The van der Waals surface area contributed by atoms with Crippen LogP contribution in [0.25, 0.3) is 6.08 Å². The summed E-state index contributed by atoms with van der Waals surface area (Å²) in [5.41, 5.74) is 1.22. The second-order valence-electron chi connectivity index (χ2n) is 6.73. The molecule has 0 saturated heterocycles. The van der Waals surface area contributed by atoms with Crippen LogP contribution in [0.2, 0.25) is 0 Å². The Bertz CT molecular complexity index is 597. The Hall–Kier alpha value is -1.65. The average Bonchev–Trinajstić information content (AvgIpc) is 2.95. The summed E-state index contributed by atoms with van der Waals surface area (Å²) in [7, 11) is 0. The van der Waals surface area contributed by atoms with Crippen molar-refractivity contribution in [3.05, 3.63) is 29.3 Å². The maximum absolute atomic E-state index is 12.8. The van der Waals surface area contributed by atoms with Crippen LogP contribution < -0.4 is 9.47 Å². The molecule has 0 aliphatic heterocycles. The van der Waals surface area contributed by atoms with Crippen LogP contribution in [-0.2, 0) is 0 Å². The minimum absolute atomic E-state index is 0.0173. The number of hydrogen-bond acceptors (Lipinski definition) is 2. The van der Waals surface area contributed by atoms with Gasteiger partial charge in [-0.1, -0.05) is 24.6 Å². The average molecular weight is 340 g/mol. The van der Waals surface area contributed by atoms with Crippen molar-refractivity contribution in [2.45, 2.75) is 64.3 Å². The molecule has 0 unspecified atom stereocenters. The third kappa shape index (κ3) is 4.25. The highest BCUT2D eigenvalue weighted by Crippen LogP contribution is 2.40. The zero-order valence-corrected chi connectivity index (χ0v) is 13.9. The molecule has 5 heteroatoms. The fourth-order valence-corrected chi connectivity index (χ4v) is 3.26. The van der Waals surface area contributed by atoms with E-state index in [4.69, 9.17) is 4.74 Å². The summed E-state index contributed by atoms with van der Waals surface area (Å²) in [5, 5.41) is 0. The molecule has 2 fully saturated rings. The predicted molar refractivity (Wildman–Crippen MR) is 87.1 cm³/mol. The van der Waals surface area contributed by atoms with Crippen LogP contribution in [0.4, 0.5) is 13.2 Å². The quantitative estimate of drug-likeness (QED) is 0.652. The molecule has 0 bridgehead atoms. The Morgan fingerprint density at radius 3 is 2.33 bits per heavy atom. The zero-order chi connectivity index (χ0) is 17.2. The zero-order valence-electron chi connectivity index (χ0n) is 13.9. The molecule has 0 atom stereocenters. The van der Waals surface area contributed by atoms with Gasteiger partial charge in [0.05, 0.1) is 6.10 Å². The lowest BCUT2D eigenvalue weighted by molar-refractivity contribution is -0.275. The molecule has 132 valence electrons. The third-order valence-electron chi connectivity index (χ3n) is 4.92. The van der Waals surface area contributed by atoms with E-state index < -0.39 is 6.36 Å². The van der Waals surface area contributed by atoms with Gasteiger partial charge in [-0.2, -0.15) is 0 Å². The van der Waals surface area contributed by atoms with Gasteiger partial charge in [0.15, 0.2) is 11.5 Å². The number of halogens is 3. The number of alkyl halides is 3. The first kappa shape index (κ1) is 17.2. The summed E-state index contributed by atoms with van der Waals surface area (Å²) < 4.78 is 48.6. The van der Waals surface area contributed by atoms with Gasteiger partial charge in [0.25, 0.3) is 0 Å². The fourth-order valence-electron chi connectivity index (χ4n) is 3.26. The summed E-state index contributed by atoms with van der Waals surface area (Å²) >= 11 is 0. The lowest BCUT2D eigenvalue weighted by Crippen LogP contribution is -2.20. The maximum atomic E-state index is 12.8. The summed E-state index contributed by atoms with van der Waals surface area (Å²) in [6, 6.07) is 3.42. The molecule has 1 aromatic carbocycles. The van der Waals surface area contributed by atoms with Gasteiger partial charge < -0.3 is 9.47 Å². The Morgan fingerprint density at radius 2 is 1.75 bits per heavy atom. The second kappa shape index (κ2) is 7.08. The SMILES string of the molecule is Cc1c(/C=C/C2CCC2)ccc(OC2CCCC2)c1OC(F)(F)F. The van der Waals surface area contributed by atoms with Crippen molar-refractivity contribution in [3.63, 3.8) is 0 Å². The first-order valence-electron chi connectivity index (χ1n) is 8.66. The molecule has 2 aliphatic carbocycles. The predicted octanol–water partition coefficient (Wildman–Crippen LogP) is 6.03. The standard InChI is InChI=1S/C19H23F3O2/c1-13-15(10-9-14-5-4-6-14)11-12-17(18(13)24-19(20,21)22)23-16-7-2-3-8-16/h9-12,14,16H,2-8H2,1H3/b10-9+. The highest BCUT2D eigenvalue weighted by molar-refractivity contribution is 5.62. The highest BCUT2D eigenvalue weighted by Gasteiger charge is 2.34. The fraction of sp³-hybridized carbons (Fsp3) is 0.579. The van der Waals surface area contributed by atoms with Crippen molar-refractivity contribution >= 4 is 6.08 Å². The second-order valence-corrected chi connectivity index (χ2v) is 6.73.